The molecule has 1 aromatic carbocycles. The molecule has 0 spiro atoms. The van der Waals surface area contributed by atoms with Crippen LogP contribution in [0.5, 0.6) is 5.88 Å². The van der Waals surface area contributed by atoms with Gasteiger partial charge in [0, 0.05) is 18.2 Å². The molecule has 1 unspecified atom stereocenters. The maximum absolute atomic E-state index is 6.52. The van der Waals surface area contributed by atoms with Gasteiger partial charge in [-0.15, -0.1) is 11.6 Å². The smallest absolute Gasteiger partial charge is 0.216 e. The summed E-state index contributed by atoms with van der Waals surface area (Å²) in [7, 11) is 1.59. The van der Waals surface area contributed by atoms with Crippen LogP contribution in [0.25, 0.3) is 0 Å². The van der Waals surface area contributed by atoms with E-state index in [1.165, 1.54) is 17.5 Å². The predicted octanol–water partition coefficient (Wildman–Crippen LogP) is 3.57. The zero-order valence-corrected chi connectivity index (χ0v) is 11.9. The molecule has 0 N–H and O–H groups in total. The Hall–Kier alpha value is -1.61. The van der Waals surface area contributed by atoms with Crippen LogP contribution >= 0.6 is 11.6 Å². The Morgan fingerprint density at radius 1 is 1.26 bits per heavy atom. The molecule has 3 nitrogen and oxygen atoms in total. The Morgan fingerprint density at radius 2 is 2.05 bits per heavy atom. The number of rotatable bonds is 5. The molecule has 1 heterocycles. The quantitative estimate of drug-likeness (QED) is 0.783. The maximum atomic E-state index is 6.52. The summed E-state index contributed by atoms with van der Waals surface area (Å²) in [4.78, 5) is 8.23. The van der Waals surface area contributed by atoms with Crippen molar-refractivity contribution in [2.75, 3.05) is 7.11 Å². The lowest BCUT2D eigenvalue weighted by molar-refractivity contribution is 0.396. The molecule has 0 radical (unpaired) electrons. The molecule has 0 saturated heterocycles. The Bertz CT molecular complexity index is 545. The molecule has 1 aromatic heterocycles. The number of ether oxygens (including phenoxy) is 1. The molecule has 100 valence electrons. The van der Waals surface area contributed by atoms with Crippen molar-refractivity contribution in [3.63, 3.8) is 0 Å². The second kappa shape index (κ2) is 6.53. The van der Waals surface area contributed by atoms with Crippen molar-refractivity contribution in [3.05, 3.63) is 53.5 Å². The van der Waals surface area contributed by atoms with Gasteiger partial charge in [0.2, 0.25) is 5.88 Å². The zero-order valence-electron chi connectivity index (χ0n) is 11.1. The molecule has 0 aliphatic rings. The lowest BCUT2D eigenvalue weighted by Crippen LogP contribution is -2.02. The summed E-state index contributed by atoms with van der Waals surface area (Å²) in [6, 6.07) is 10.1. The van der Waals surface area contributed by atoms with Gasteiger partial charge in [-0.1, -0.05) is 31.2 Å². The number of methoxy groups -OCH3 is 1. The number of aryl methyl sites for hydroxylation is 1. The number of hydrogen-bond acceptors (Lipinski definition) is 3. The van der Waals surface area contributed by atoms with E-state index in [1.54, 1.807) is 7.11 Å². The predicted molar refractivity (Wildman–Crippen MR) is 76.7 cm³/mol. The van der Waals surface area contributed by atoms with Gasteiger partial charge in [-0.25, -0.2) is 9.97 Å². The van der Waals surface area contributed by atoms with Gasteiger partial charge in [0.1, 0.15) is 6.33 Å². The molecule has 4 heteroatoms. The minimum Gasteiger partial charge on any atom is -0.481 e. The summed E-state index contributed by atoms with van der Waals surface area (Å²) in [6.45, 7) is 2.14. The van der Waals surface area contributed by atoms with E-state index in [1.807, 2.05) is 18.2 Å². The first kappa shape index (κ1) is 13.8. The molecule has 0 aliphatic heterocycles. The molecule has 19 heavy (non-hydrogen) atoms. The van der Waals surface area contributed by atoms with E-state index >= 15 is 0 Å². The van der Waals surface area contributed by atoms with Crippen LogP contribution in [0.15, 0.2) is 36.7 Å². The fraction of sp³-hybridized carbons (Fsp3) is 0.333. The fourth-order valence-corrected chi connectivity index (χ4v) is 2.43. The van der Waals surface area contributed by atoms with Gasteiger partial charge in [0.15, 0.2) is 0 Å². The van der Waals surface area contributed by atoms with Gasteiger partial charge in [0.05, 0.1) is 12.5 Å². The van der Waals surface area contributed by atoms with Crippen LogP contribution < -0.4 is 4.74 Å². The molecule has 0 bridgehead atoms. The molecule has 2 aromatic rings. The van der Waals surface area contributed by atoms with Crippen molar-refractivity contribution >= 4 is 11.6 Å². The van der Waals surface area contributed by atoms with Crippen molar-refractivity contribution in [1.29, 1.82) is 0 Å². The number of alkyl halides is 1. The van der Waals surface area contributed by atoms with Crippen LogP contribution in [0, 0.1) is 0 Å². The minimum atomic E-state index is -0.0873. The van der Waals surface area contributed by atoms with E-state index in [4.69, 9.17) is 16.3 Å². The number of benzene rings is 1. The third-order valence-corrected chi connectivity index (χ3v) is 3.46. The number of hydrogen-bond donors (Lipinski definition) is 0. The van der Waals surface area contributed by atoms with Crippen LogP contribution in [-0.4, -0.2) is 17.1 Å². The van der Waals surface area contributed by atoms with Crippen LogP contribution in [0.3, 0.4) is 0 Å². The third-order valence-electron chi connectivity index (χ3n) is 3.07. The van der Waals surface area contributed by atoms with Crippen molar-refractivity contribution in [2.24, 2.45) is 0 Å². The van der Waals surface area contributed by atoms with Gasteiger partial charge in [0.25, 0.3) is 0 Å². The first-order valence-electron chi connectivity index (χ1n) is 6.31. The number of aromatic nitrogens is 2. The van der Waals surface area contributed by atoms with Crippen LogP contribution in [0.1, 0.15) is 29.1 Å². The van der Waals surface area contributed by atoms with E-state index in [9.17, 15) is 0 Å². The normalized spacial score (nSPS) is 12.2. The summed E-state index contributed by atoms with van der Waals surface area (Å²) in [5.41, 5.74) is 3.34. The van der Waals surface area contributed by atoms with E-state index in [2.05, 4.69) is 29.0 Å². The van der Waals surface area contributed by atoms with Crippen LogP contribution in [0.4, 0.5) is 0 Å². The first-order chi connectivity index (χ1) is 9.24. The van der Waals surface area contributed by atoms with Crippen LogP contribution in [0.2, 0.25) is 0 Å². The Balaban J connectivity index is 2.18. The summed E-state index contributed by atoms with van der Waals surface area (Å²) in [5, 5.41) is -0.0873. The van der Waals surface area contributed by atoms with E-state index in [-0.39, 0.29) is 5.38 Å². The maximum Gasteiger partial charge on any atom is 0.216 e. The molecule has 0 amide bonds. The molecule has 0 saturated carbocycles. The van der Waals surface area contributed by atoms with Crippen molar-refractivity contribution in [3.8, 4) is 5.88 Å². The first-order valence-corrected chi connectivity index (χ1v) is 6.75. The van der Waals surface area contributed by atoms with Crippen LogP contribution in [-0.2, 0) is 12.8 Å². The standard InChI is InChI=1S/C15H17ClN2O/c1-3-11-6-4-5-7-13(11)14(16)8-12-9-15(19-2)18-10-17-12/h4-7,9-10,14H,3,8H2,1-2H3. The lowest BCUT2D eigenvalue weighted by atomic mass is 10.00. The molecular formula is C15H17ClN2O. The second-order valence-corrected chi connectivity index (χ2v) is 4.80. The van der Waals surface area contributed by atoms with Crippen molar-refractivity contribution in [1.82, 2.24) is 9.97 Å². The third kappa shape index (κ3) is 3.44. The Morgan fingerprint density at radius 3 is 2.79 bits per heavy atom. The van der Waals surface area contributed by atoms with Gasteiger partial charge in [-0.05, 0) is 17.5 Å². The largest absolute Gasteiger partial charge is 0.481 e. The van der Waals surface area contributed by atoms with Gasteiger partial charge >= 0.3 is 0 Å². The van der Waals surface area contributed by atoms with Crippen molar-refractivity contribution in [2.45, 2.75) is 25.1 Å². The second-order valence-electron chi connectivity index (χ2n) is 4.28. The highest BCUT2D eigenvalue weighted by atomic mass is 35.5. The number of nitrogens with zero attached hydrogens (tertiary/aromatic N) is 2. The molecular weight excluding hydrogens is 260 g/mol. The summed E-state index contributed by atoms with van der Waals surface area (Å²) < 4.78 is 5.09. The average Bonchev–Trinajstić information content (AvgIpc) is 2.47. The average molecular weight is 277 g/mol. The lowest BCUT2D eigenvalue weighted by Gasteiger charge is -2.13. The SMILES string of the molecule is CCc1ccccc1C(Cl)Cc1cc(OC)ncn1. The summed E-state index contributed by atoms with van der Waals surface area (Å²) >= 11 is 6.52. The molecule has 1 atom stereocenters. The van der Waals surface area contributed by atoms with Crippen molar-refractivity contribution < 1.29 is 4.74 Å². The molecule has 0 aliphatic carbocycles. The molecule has 2 rings (SSSR count). The van der Waals surface area contributed by atoms with Gasteiger partial charge < -0.3 is 4.74 Å². The highest BCUT2D eigenvalue weighted by molar-refractivity contribution is 6.21. The monoisotopic (exact) mass is 276 g/mol. The highest BCUT2D eigenvalue weighted by Crippen LogP contribution is 2.28. The van der Waals surface area contributed by atoms with E-state index < -0.39 is 0 Å². The molecule has 0 fully saturated rings. The van der Waals surface area contributed by atoms with Gasteiger partial charge in [-0.3, -0.25) is 0 Å². The zero-order chi connectivity index (χ0) is 13.7. The fourth-order valence-electron chi connectivity index (χ4n) is 2.06. The topological polar surface area (TPSA) is 35.0 Å². The Kier molecular flexibility index (Phi) is 4.74. The van der Waals surface area contributed by atoms with E-state index in [0.29, 0.717) is 12.3 Å². The highest BCUT2D eigenvalue weighted by Gasteiger charge is 2.13. The summed E-state index contributed by atoms with van der Waals surface area (Å²) in [6.07, 6.45) is 3.15. The number of halogens is 1. The minimum absolute atomic E-state index is 0.0873. The van der Waals surface area contributed by atoms with E-state index in [0.717, 1.165) is 12.1 Å². The summed E-state index contributed by atoms with van der Waals surface area (Å²) in [5.74, 6) is 0.567. The Labute approximate surface area is 118 Å². The van der Waals surface area contributed by atoms with Gasteiger partial charge in [-0.2, -0.15) is 0 Å².